The highest BCUT2D eigenvalue weighted by atomic mass is 16.5. The molecule has 158 valence electrons. The SMILES string of the molecule is CCCCCCCCCCCCOC(=O)c1cccc(OC(CC)C(=O)O)c1. The number of esters is 1. The molecule has 0 saturated carbocycles. The fourth-order valence-corrected chi connectivity index (χ4v) is 3.01. The molecule has 5 heteroatoms. The summed E-state index contributed by atoms with van der Waals surface area (Å²) in [4.78, 5) is 23.2. The molecule has 1 N–H and O–H groups in total. The van der Waals surface area contributed by atoms with Crippen molar-refractivity contribution in [3.8, 4) is 5.75 Å². The number of hydrogen-bond donors (Lipinski definition) is 1. The second-order valence-corrected chi connectivity index (χ2v) is 7.20. The number of benzene rings is 1. The predicted molar refractivity (Wildman–Crippen MR) is 111 cm³/mol. The van der Waals surface area contributed by atoms with Crippen LogP contribution in [0.15, 0.2) is 24.3 Å². The molecule has 0 amide bonds. The zero-order chi connectivity index (χ0) is 20.6. The number of carbonyl (C=O) groups is 2. The van der Waals surface area contributed by atoms with Crippen LogP contribution in [0.2, 0.25) is 0 Å². The highest BCUT2D eigenvalue weighted by Gasteiger charge is 2.17. The van der Waals surface area contributed by atoms with Crippen molar-refractivity contribution >= 4 is 11.9 Å². The van der Waals surface area contributed by atoms with Crippen LogP contribution < -0.4 is 4.74 Å². The molecule has 5 nitrogen and oxygen atoms in total. The van der Waals surface area contributed by atoms with Gasteiger partial charge in [0, 0.05) is 0 Å². The van der Waals surface area contributed by atoms with Crippen molar-refractivity contribution in [3.63, 3.8) is 0 Å². The van der Waals surface area contributed by atoms with Crippen LogP contribution in [0, 0.1) is 0 Å². The Hall–Kier alpha value is -2.04. The maximum absolute atomic E-state index is 12.2. The standard InChI is InChI=1S/C23H36O5/c1-3-5-6-7-8-9-10-11-12-13-17-27-23(26)19-15-14-16-20(18-19)28-21(4-2)22(24)25/h14-16,18,21H,3-13,17H2,1-2H3,(H,24,25). The zero-order valence-electron chi connectivity index (χ0n) is 17.5. The highest BCUT2D eigenvalue weighted by molar-refractivity contribution is 5.89. The van der Waals surface area contributed by atoms with Crippen molar-refractivity contribution in [2.24, 2.45) is 0 Å². The van der Waals surface area contributed by atoms with Gasteiger partial charge in [0.1, 0.15) is 5.75 Å². The number of carboxylic acid groups (broad SMARTS) is 1. The van der Waals surface area contributed by atoms with E-state index in [0.717, 1.165) is 12.8 Å². The van der Waals surface area contributed by atoms with E-state index in [0.29, 0.717) is 24.3 Å². The number of aliphatic carboxylic acids is 1. The fourth-order valence-electron chi connectivity index (χ4n) is 3.01. The minimum atomic E-state index is -1.02. The van der Waals surface area contributed by atoms with E-state index in [1.54, 1.807) is 25.1 Å². The van der Waals surface area contributed by atoms with Gasteiger partial charge in [-0.1, -0.05) is 77.7 Å². The number of rotatable bonds is 16. The van der Waals surface area contributed by atoms with Crippen LogP contribution in [0.4, 0.5) is 0 Å². The molecule has 28 heavy (non-hydrogen) atoms. The summed E-state index contributed by atoms with van der Waals surface area (Å²) in [5.74, 6) is -1.05. The third-order valence-electron chi connectivity index (χ3n) is 4.73. The minimum Gasteiger partial charge on any atom is -0.479 e. The van der Waals surface area contributed by atoms with Gasteiger partial charge in [-0.25, -0.2) is 9.59 Å². The lowest BCUT2D eigenvalue weighted by Gasteiger charge is -2.13. The van der Waals surface area contributed by atoms with Crippen molar-refractivity contribution in [1.82, 2.24) is 0 Å². The largest absolute Gasteiger partial charge is 0.479 e. The summed E-state index contributed by atoms with van der Waals surface area (Å²) in [5.41, 5.74) is 0.379. The van der Waals surface area contributed by atoms with Crippen LogP contribution in [0.5, 0.6) is 5.75 Å². The van der Waals surface area contributed by atoms with Crippen LogP contribution in [0.1, 0.15) is 94.8 Å². The molecular formula is C23H36O5. The van der Waals surface area contributed by atoms with Crippen molar-refractivity contribution in [3.05, 3.63) is 29.8 Å². The molecule has 0 bridgehead atoms. The molecule has 0 aliphatic rings. The Labute approximate surface area is 169 Å². The molecule has 0 spiro atoms. The van der Waals surface area contributed by atoms with Gasteiger partial charge < -0.3 is 14.6 Å². The molecule has 0 saturated heterocycles. The number of carbonyl (C=O) groups excluding carboxylic acids is 1. The summed E-state index contributed by atoms with van der Waals surface area (Å²) in [6.45, 7) is 4.38. The summed E-state index contributed by atoms with van der Waals surface area (Å²) < 4.78 is 10.7. The molecule has 0 fully saturated rings. The Morgan fingerprint density at radius 1 is 0.929 bits per heavy atom. The van der Waals surface area contributed by atoms with Crippen molar-refractivity contribution < 1.29 is 24.2 Å². The molecule has 0 aliphatic heterocycles. The summed E-state index contributed by atoms with van der Waals surface area (Å²) in [7, 11) is 0. The molecule has 0 aliphatic carbocycles. The molecule has 0 aromatic heterocycles. The topological polar surface area (TPSA) is 72.8 Å². The van der Waals surface area contributed by atoms with Gasteiger partial charge in [-0.05, 0) is 31.0 Å². The lowest BCUT2D eigenvalue weighted by atomic mass is 10.1. The Morgan fingerprint density at radius 2 is 1.54 bits per heavy atom. The van der Waals surface area contributed by atoms with Crippen LogP contribution >= 0.6 is 0 Å². The number of carboxylic acids is 1. The predicted octanol–water partition coefficient (Wildman–Crippen LogP) is 6.01. The molecule has 1 unspecified atom stereocenters. The Balaban J connectivity index is 2.20. The average Bonchev–Trinajstić information content (AvgIpc) is 2.70. The van der Waals surface area contributed by atoms with Crippen LogP contribution in [-0.4, -0.2) is 29.8 Å². The van der Waals surface area contributed by atoms with Crippen molar-refractivity contribution in [1.29, 1.82) is 0 Å². The zero-order valence-corrected chi connectivity index (χ0v) is 17.5. The number of hydrogen-bond acceptors (Lipinski definition) is 4. The van der Waals surface area contributed by atoms with Crippen molar-refractivity contribution in [2.45, 2.75) is 90.6 Å². The van der Waals surface area contributed by atoms with Gasteiger partial charge in [0.15, 0.2) is 6.10 Å². The Bertz CT molecular complexity index is 570. The van der Waals surface area contributed by atoms with E-state index in [2.05, 4.69) is 6.92 Å². The van der Waals surface area contributed by atoms with Gasteiger partial charge in [-0.15, -0.1) is 0 Å². The lowest BCUT2D eigenvalue weighted by Crippen LogP contribution is -2.26. The van der Waals surface area contributed by atoms with Gasteiger partial charge >= 0.3 is 11.9 Å². The van der Waals surface area contributed by atoms with Crippen molar-refractivity contribution in [2.75, 3.05) is 6.61 Å². The first-order valence-corrected chi connectivity index (χ1v) is 10.7. The van der Waals surface area contributed by atoms with E-state index < -0.39 is 18.0 Å². The molecule has 0 heterocycles. The Morgan fingerprint density at radius 3 is 2.11 bits per heavy atom. The first-order chi connectivity index (χ1) is 13.6. The molecule has 0 radical (unpaired) electrons. The first kappa shape index (κ1) is 24.0. The lowest BCUT2D eigenvalue weighted by molar-refractivity contribution is -0.145. The van der Waals surface area contributed by atoms with E-state index in [-0.39, 0.29) is 0 Å². The van der Waals surface area contributed by atoms with Crippen LogP contribution in [0.25, 0.3) is 0 Å². The molecule has 1 rings (SSSR count). The number of ether oxygens (including phenoxy) is 2. The quantitative estimate of drug-likeness (QED) is 0.276. The summed E-state index contributed by atoms with van der Waals surface area (Å²) in [6, 6.07) is 6.49. The smallest absolute Gasteiger partial charge is 0.344 e. The van der Waals surface area contributed by atoms with E-state index in [1.165, 1.54) is 57.4 Å². The van der Waals surface area contributed by atoms with Gasteiger partial charge in [-0.3, -0.25) is 0 Å². The maximum Gasteiger partial charge on any atom is 0.344 e. The summed E-state index contributed by atoms with van der Waals surface area (Å²) in [5, 5.41) is 9.07. The summed E-state index contributed by atoms with van der Waals surface area (Å²) >= 11 is 0. The Kier molecular flexibility index (Phi) is 12.8. The van der Waals surface area contributed by atoms with Crippen LogP contribution in [0.3, 0.4) is 0 Å². The molecule has 1 aromatic rings. The van der Waals surface area contributed by atoms with Gasteiger partial charge in [0.25, 0.3) is 0 Å². The first-order valence-electron chi connectivity index (χ1n) is 10.7. The second kappa shape index (κ2) is 14.9. The molecule has 1 atom stereocenters. The normalized spacial score (nSPS) is 11.8. The monoisotopic (exact) mass is 392 g/mol. The second-order valence-electron chi connectivity index (χ2n) is 7.20. The van der Waals surface area contributed by atoms with Crippen LogP contribution in [-0.2, 0) is 9.53 Å². The average molecular weight is 393 g/mol. The maximum atomic E-state index is 12.2. The number of unbranched alkanes of at least 4 members (excludes halogenated alkanes) is 9. The van der Waals surface area contributed by atoms with E-state index >= 15 is 0 Å². The third kappa shape index (κ3) is 10.3. The molecule has 1 aromatic carbocycles. The van der Waals surface area contributed by atoms with E-state index in [9.17, 15) is 9.59 Å². The van der Waals surface area contributed by atoms with Gasteiger partial charge in [0.05, 0.1) is 12.2 Å². The van der Waals surface area contributed by atoms with Gasteiger partial charge in [0.2, 0.25) is 0 Å². The minimum absolute atomic E-state index is 0.350. The third-order valence-corrected chi connectivity index (χ3v) is 4.73. The highest BCUT2D eigenvalue weighted by Crippen LogP contribution is 2.17. The molecular weight excluding hydrogens is 356 g/mol. The van der Waals surface area contributed by atoms with E-state index in [1.807, 2.05) is 0 Å². The summed E-state index contributed by atoms with van der Waals surface area (Å²) in [6.07, 6.45) is 11.8. The van der Waals surface area contributed by atoms with Gasteiger partial charge in [-0.2, -0.15) is 0 Å². The fraction of sp³-hybridized carbons (Fsp3) is 0.652. The van der Waals surface area contributed by atoms with E-state index in [4.69, 9.17) is 14.6 Å².